The number of aliphatic carboxylic acids is 2. The average Bonchev–Trinajstić information content (AvgIpc) is 3.23. The van der Waals surface area contributed by atoms with Gasteiger partial charge in [0.05, 0.1) is 6.04 Å². The first-order chi connectivity index (χ1) is 14.4. The SMILES string of the molecule is [B]NCCCC[C@H](N[C@@H](CCc1ccccc1)C(=O)O)C(=O)N1CCC[C@H]1C(=O)O. The van der Waals surface area contributed by atoms with Gasteiger partial charge in [-0.25, -0.2) is 4.79 Å². The highest BCUT2D eigenvalue weighted by molar-refractivity contribution is 6.04. The third-order valence-electron chi connectivity index (χ3n) is 5.45. The quantitative estimate of drug-likeness (QED) is 0.280. The fraction of sp³-hybridized carbons (Fsp3) is 0.571. The zero-order valence-corrected chi connectivity index (χ0v) is 17.1. The second-order valence-corrected chi connectivity index (χ2v) is 7.61. The zero-order valence-electron chi connectivity index (χ0n) is 17.1. The lowest BCUT2D eigenvalue weighted by molar-refractivity contribution is -0.149. The van der Waals surface area contributed by atoms with Gasteiger partial charge >= 0.3 is 11.9 Å². The standard InChI is InChI=1S/C21H30BN3O5/c22-23-13-5-4-9-16(19(26)25-14-6-10-18(25)21(29)30)24-17(20(27)28)12-11-15-7-2-1-3-8-15/h1-3,7-8,16-18,23-24H,4-6,9-14H2,(H,27,28)(H,29,30)/t16-,17-,18-/m0/s1. The first-order valence-corrected chi connectivity index (χ1v) is 10.4. The summed E-state index contributed by atoms with van der Waals surface area (Å²) < 4.78 is 0. The van der Waals surface area contributed by atoms with E-state index in [9.17, 15) is 24.6 Å². The van der Waals surface area contributed by atoms with E-state index < -0.39 is 30.1 Å². The lowest BCUT2D eigenvalue weighted by atomic mass is 10.0. The van der Waals surface area contributed by atoms with Crippen molar-refractivity contribution in [2.24, 2.45) is 0 Å². The van der Waals surface area contributed by atoms with Crippen LogP contribution in [0.3, 0.4) is 0 Å². The molecule has 30 heavy (non-hydrogen) atoms. The van der Waals surface area contributed by atoms with E-state index in [1.165, 1.54) is 4.90 Å². The minimum absolute atomic E-state index is 0.329. The van der Waals surface area contributed by atoms with Crippen LogP contribution in [-0.4, -0.2) is 72.2 Å². The molecule has 2 rings (SSSR count). The number of unbranched alkanes of at least 4 members (excludes halogenated alkanes) is 1. The van der Waals surface area contributed by atoms with Gasteiger partial charge in [-0.05, 0) is 50.6 Å². The number of rotatable bonds is 13. The normalized spacial score (nSPS) is 18.1. The molecule has 3 atom stereocenters. The maximum absolute atomic E-state index is 13.1. The second-order valence-electron chi connectivity index (χ2n) is 7.61. The lowest BCUT2D eigenvalue weighted by Gasteiger charge is -2.29. The van der Waals surface area contributed by atoms with Crippen LogP contribution in [0.25, 0.3) is 0 Å². The average molecular weight is 415 g/mol. The molecule has 0 saturated carbocycles. The van der Waals surface area contributed by atoms with Crippen molar-refractivity contribution < 1.29 is 24.6 Å². The molecule has 4 N–H and O–H groups in total. The largest absolute Gasteiger partial charge is 0.480 e. The zero-order chi connectivity index (χ0) is 21.9. The number of hydrogen-bond acceptors (Lipinski definition) is 5. The number of amides is 1. The summed E-state index contributed by atoms with van der Waals surface area (Å²) in [6.07, 6.45) is 3.74. The van der Waals surface area contributed by atoms with Gasteiger partial charge in [-0.2, -0.15) is 0 Å². The molecule has 1 aliphatic rings. The van der Waals surface area contributed by atoms with E-state index in [1.807, 2.05) is 30.3 Å². The van der Waals surface area contributed by atoms with Gasteiger partial charge in [-0.15, -0.1) is 0 Å². The minimum Gasteiger partial charge on any atom is -0.480 e. The van der Waals surface area contributed by atoms with E-state index in [0.29, 0.717) is 51.6 Å². The van der Waals surface area contributed by atoms with Crippen LogP contribution in [-0.2, 0) is 20.8 Å². The molecule has 1 aliphatic heterocycles. The second kappa shape index (κ2) is 12.3. The molecular weight excluding hydrogens is 385 g/mol. The van der Waals surface area contributed by atoms with E-state index in [0.717, 1.165) is 12.0 Å². The molecule has 8 nitrogen and oxygen atoms in total. The number of carbonyl (C=O) groups excluding carboxylic acids is 1. The minimum atomic E-state index is -1.02. The monoisotopic (exact) mass is 415 g/mol. The lowest BCUT2D eigenvalue weighted by Crippen LogP contribution is -2.54. The molecule has 0 unspecified atom stereocenters. The Hall–Kier alpha value is -2.39. The Labute approximate surface area is 178 Å². The first kappa shape index (κ1) is 23.9. The number of likely N-dealkylation sites (tertiary alicyclic amines) is 1. The van der Waals surface area contributed by atoms with Gasteiger partial charge in [0.1, 0.15) is 12.1 Å². The Morgan fingerprint density at radius 2 is 1.83 bits per heavy atom. The number of carbonyl (C=O) groups is 3. The van der Waals surface area contributed by atoms with Gasteiger partial charge < -0.3 is 20.3 Å². The van der Waals surface area contributed by atoms with Gasteiger partial charge in [0.25, 0.3) is 0 Å². The van der Waals surface area contributed by atoms with Crippen molar-refractivity contribution in [3.05, 3.63) is 35.9 Å². The van der Waals surface area contributed by atoms with Crippen molar-refractivity contribution in [3.8, 4) is 0 Å². The van der Waals surface area contributed by atoms with Crippen molar-refractivity contribution in [2.45, 2.75) is 63.1 Å². The van der Waals surface area contributed by atoms with Gasteiger partial charge in [-0.1, -0.05) is 36.8 Å². The van der Waals surface area contributed by atoms with Crippen LogP contribution in [0.1, 0.15) is 44.1 Å². The summed E-state index contributed by atoms with van der Waals surface area (Å²) in [4.78, 5) is 37.8. The molecule has 9 heteroatoms. The van der Waals surface area contributed by atoms with Gasteiger partial charge in [0.15, 0.2) is 7.98 Å². The highest BCUT2D eigenvalue weighted by Gasteiger charge is 2.38. The van der Waals surface area contributed by atoms with Gasteiger partial charge in [0.2, 0.25) is 5.91 Å². The van der Waals surface area contributed by atoms with E-state index in [2.05, 4.69) is 10.5 Å². The Morgan fingerprint density at radius 3 is 2.47 bits per heavy atom. The number of nitrogens with one attached hydrogen (secondary N) is 2. The van der Waals surface area contributed by atoms with E-state index in [4.69, 9.17) is 7.98 Å². The molecule has 1 aromatic rings. The fourth-order valence-corrected chi connectivity index (χ4v) is 3.82. The third kappa shape index (κ3) is 7.14. The topological polar surface area (TPSA) is 119 Å². The van der Waals surface area contributed by atoms with E-state index in [-0.39, 0.29) is 5.91 Å². The predicted molar refractivity (Wildman–Crippen MR) is 113 cm³/mol. The van der Waals surface area contributed by atoms with Gasteiger partial charge in [-0.3, -0.25) is 14.9 Å². The molecule has 1 saturated heterocycles. The molecule has 0 spiro atoms. The van der Waals surface area contributed by atoms with Crippen molar-refractivity contribution >= 4 is 25.8 Å². The molecule has 0 aromatic heterocycles. The van der Waals surface area contributed by atoms with E-state index in [1.54, 1.807) is 0 Å². The highest BCUT2D eigenvalue weighted by atomic mass is 16.4. The molecule has 1 fully saturated rings. The van der Waals surface area contributed by atoms with Crippen LogP contribution >= 0.6 is 0 Å². The number of benzene rings is 1. The van der Waals surface area contributed by atoms with Crippen LogP contribution in [0.5, 0.6) is 0 Å². The van der Waals surface area contributed by atoms with E-state index >= 15 is 0 Å². The summed E-state index contributed by atoms with van der Waals surface area (Å²) in [7, 11) is 5.29. The molecule has 2 radical (unpaired) electrons. The number of carboxylic acids is 2. The summed E-state index contributed by atoms with van der Waals surface area (Å²) in [5.74, 6) is -2.39. The van der Waals surface area contributed by atoms with Crippen LogP contribution in [0.2, 0.25) is 0 Å². The van der Waals surface area contributed by atoms with Crippen molar-refractivity contribution in [2.75, 3.05) is 13.1 Å². The Morgan fingerprint density at radius 1 is 1.10 bits per heavy atom. The van der Waals surface area contributed by atoms with Crippen molar-refractivity contribution in [1.29, 1.82) is 0 Å². The molecule has 1 aromatic carbocycles. The van der Waals surface area contributed by atoms with Crippen LogP contribution in [0, 0.1) is 0 Å². The highest BCUT2D eigenvalue weighted by Crippen LogP contribution is 2.20. The van der Waals surface area contributed by atoms with Gasteiger partial charge in [0, 0.05) is 6.54 Å². The molecular formula is C21H30BN3O5. The third-order valence-corrected chi connectivity index (χ3v) is 5.45. The molecule has 0 aliphatic carbocycles. The van der Waals surface area contributed by atoms with Crippen LogP contribution < -0.4 is 10.5 Å². The predicted octanol–water partition coefficient (Wildman–Crippen LogP) is 0.950. The smallest absolute Gasteiger partial charge is 0.326 e. The molecule has 1 heterocycles. The van der Waals surface area contributed by atoms with Crippen LogP contribution in [0.4, 0.5) is 0 Å². The number of aryl methyl sites for hydroxylation is 1. The summed E-state index contributed by atoms with van der Waals surface area (Å²) in [5.41, 5.74) is 1.02. The fourth-order valence-electron chi connectivity index (χ4n) is 3.82. The summed E-state index contributed by atoms with van der Waals surface area (Å²) in [6, 6.07) is 7.06. The summed E-state index contributed by atoms with van der Waals surface area (Å²) in [6.45, 7) is 0.957. The maximum Gasteiger partial charge on any atom is 0.326 e. The Kier molecular flexibility index (Phi) is 9.83. The summed E-state index contributed by atoms with van der Waals surface area (Å²) in [5, 5.41) is 24.7. The number of hydrogen-bond donors (Lipinski definition) is 4. The van der Waals surface area contributed by atoms with Crippen LogP contribution in [0.15, 0.2) is 30.3 Å². The molecule has 1 amide bonds. The van der Waals surface area contributed by atoms with Crippen molar-refractivity contribution in [1.82, 2.24) is 15.4 Å². The summed E-state index contributed by atoms with van der Waals surface area (Å²) >= 11 is 0. The van der Waals surface area contributed by atoms with Crippen molar-refractivity contribution in [3.63, 3.8) is 0 Å². The Bertz CT molecular complexity index is 703. The Balaban J connectivity index is 2.07. The molecule has 162 valence electrons. The molecule has 0 bridgehead atoms. The number of nitrogens with zero attached hydrogens (tertiary/aromatic N) is 1. The maximum atomic E-state index is 13.1. The first-order valence-electron chi connectivity index (χ1n) is 10.4. The number of carboxylic acid groups (broad SMARTS) is 2.